The van der Waals surface area contributed by atoms with Gasteiger partial charge >= 0.3 is 6.98 Å². The summed E-state index contributed by atoms with van der Waals surface area (Å²) in [6, 6.07) is 4.03. The maximum absolute atomic E-state index is 12.6. The molecular weight excluding hydrogens is 192 g/mol. The number of aromatic nitrogens is 2. The van der Waals surface area contributed by atoms with E-state index in [1.807, 2.05) is 0 Å². The molecular formula is C8H7BF3N2-. The van der Waals surface area contributed by atoms with E-state index in [0.29, 0.717) is 5.52 Å². The van der Waals surface area contributed by atoms with Crippen molar-refractivity contribution in [3.63, 3.8) is 0 Å². The molecule has 0 radical (unpaired) electrons. The van der Waals surface area contributed by atoms with Gasteiger partial charge in [-0.3, -0.25) is 0 Å². The molecule has 0 bridgehead atoms. The standard InChI is InChI=1S/C8H7BF3N2/c1-14-5-13-7-4-2-3-6(8(7)14)9(10,11)12/h2-5H,1H3/q-1. The molecule has 0 amide bonds. The molecule has 6 heteroatoms. The molecule has 0 spiro atoms. The van der Waals surface area contributed by atoms with Crippen molar-refractivity contribution in [3.8, 4) is 0 Å². The average molecular weight is 199 g/mol. The van der Waals surface area contributed by atoms with Crippen molar-refractivity contribution in [1.29, 1.82) is 0 Å². The fraction of sp³-hybridized carbons (Fsp3) is 0.125. The van der Waals surface area contributed by atoms with Crippen molar-refractivity contribution in [2.45, 2.75) is 0 Å². The van der Waals surface area contributed by atoms with Crippen LogP contribution in [-0.2, 0) is 7.05 Å². The fourth-order valence-electron chi connectivity index (χ4n) is 1.51. The predicted octanol–water partition coefficient (Wildman–Crippen LogP) is 1.63. The SMILES string of the molecule is Cn1cnc2cccc([B-](F)(F)F)c21. The zero-order valence-electron chi connectivity index (χ0n) is 7.42. The van der Waals surface area contributed by atoms with Crippen molar-refractivity contribution in [3.05, 3.63) is 24.5 Å². The van der Waals surface area contributed by atoms with Crippen LogP contribution in [0.4, 0.5) is 12.9 Å². The first-order valence-corrected chi connectivity index (χ1v) is 4.10. The van der Waals surface area contributed by atoms with Crippen LogP contribution in [0, 0.1) is 0 Å². The van der Waals surface area contributed by atoms with Gasteiger partial charge in [0.05, 0.1) is 11.8 Å². The molecule has 0 aliphatic carbocycles. The van der Waals surface area contributed by atoms with Crippen LogP contribution in [0.5, 0.6) is 0 Å². The lowest BCUT2D eigenvalue weighted by Gasteiger charge is -2.16. The number of fused-ring (bicyclic) bond motifs is 1. The Labute approximate surface area is 78.4 Å². The molecule has 0 saturated carbocycles. The van der Waals surface area contributed by atoms with E-state index >= 15 is 0 Å². The molecule has 0 unspecified atom stereocenters. The molecule has 0 atom stereocenters. The van der Waals surface area contributed by atoms with Crippen molar-refractivity contribution >= 4 is 23.5 Å². The summed E-state index contributed by atoms with van der Waals surface area (Å²) in [6.45, 7) is -4.97. The van der Waals surface area contributed by atoms with Crippen molar-refractivity contribution < 1.29 is 12.9 Å². The first-order valence-electron chi connectivity index (χ1n) is 4.10. The second-order valence-corrected chi connectivity index (χ2v) is 3.15. The Kier molecular flexibility index (Phi) is 1.80. The lowest BCUT2D eigenvalue weighted by Crippen LogP contribution is -2.35. The molecule has 1 aromatic carbocycles. The van der Waals surface area contributed by atoms with Gasteiger partial charge < -0.3 is 17.5 Å². The summed E-state index contributed by atoms with van der Waals surface area (Å²) in [4.78, 5) is 3.87. The van der Waals surface area contributed by atoms with Crippen LogP contribution in [0.15, 0.2) is 24.5 Å². The molecule has 74 valence electrons. The van der Waals surface area contributed by atoms with Crippen LogP contribution in [-0.4, -0.2) is 16.5 Å². The molecule has 0 fully saturated rings. The number of para-hydroxylation sites is 1. The van der Waals surface area contributed by atoms with Crippen LogP contribution in [0.2, 0.25) is 0 Å². The zero-order valence-corrected chi connectivity index (χ0v) is 7.42. The Bertz CT molecular complexity index is 475. The molecule has 2 aromatic rings. The van der Waals surface area contributed by atoms with E-state index in [1.54, 1.807) is 13.1 Å². The molecule has 2 rings (SSSR count). The van der Waals surface area contributed by atoms with Crippen LogP contribution >= 0.6 is 0 Å². The highest BCUT2D eigenvalue weighted by Crippen LogP contribution is 2.16. The summed E-state index contributed by atoms with van der Waals surface area (Å²) in [5.41, 5.74) is -0.0494. The third kappa shape index (κ3) is 1.27. The highest BCUT2D eigenvalue weighted by molar-refractivity contribution is 6.75. The molecule has 0 aliphatic rings. The Balaban J connectivity index is 2.82. The Morgan fingerprint density at radius 1 is 1.29 bits per heavy atom. The van der Waals surface area contributed by atoms with E-state index in [4.69, 9.17) is 0 Å². The van der Waals surface area contributed by atoms with Crippen LogP contribution in [0.1, 0.15) is 0 Å². The number of rotatable bonds is 1. The van der Waals surface area contributed by atoms with E-state index in [2.05, 4.69) is 4.98 Å². The Morgan fingerprint density at radius 3 is 2.64 bits per heavy atom. The summed E-state index contributed by atoms with van der Waals surface area (Å²) in [5.74, 6) is 0. The van der Waals surface area contributed by atoms with Gasteiger partial charge in [-0.1, -0.05) is 17.6 Å². The largest absolute Gasteiger partial charge is 0.511 e. The van der Waals surface area contributed by atoms with E-state index in [9.17, 15) is 12.9 Å². The molecule has 0 saturated heterocycles. The van der Waals surface area contributed by atoms with Gasteiger partial charge in [0.1, 0.15) is 0 Å². The number of benzene rings is 1. The number of aryl methyl sites for hydroxylation is 1. The van der Waals surface area contributed by atoms with Crippen LogP contribution < -0.4 is 5.46 Å². The minimum absolute atomic E-state index is 0.153. The lowest BCUT2D eigenvalue weighted by molar-refractivity contribution is 0.501. The van der Waals surface area contributed by atoms with Gasteiger partial charge in [-0.15, -0.1) is 0 Å². The second-order valence-electron chi connectivity index (χ2n) is 3.15. The van der Waals surface area contributed by atoms with Gasteiger partial charge in [0.25, 0.3) is 0 Å². The summed E-state index contributed by atoms with van der Waals surface area (Å²) >= 11 is 0. The monoisotopic (exact) mass is 199 g/mol. The van der Waals surface area contributed by atoms with Gasteiger partial charge in [-0.2, -0.15) is 0 Å². The van der Waals surface area contributed by atoms with Gasteiger partial charge in [-0.25, -0.2) is 4.98 Å². The first-order chi connectivity index (χ1) is 6.50. The van der Waals surface area contributed by atoms with Gasteiger partial charge in [-0.05, 0) is 6.07 Å². The summed E-state index contributed by atoms with van der Waals surface area (Å²) in [5, 5.41) is 0. The highest BCUT2D eigenvalue weighted by atomic mass is 19.4. The maximum Gasteiger partial charge on any atom is 0.511 e. The number of hydrogen-bond acceptors (Lipinski definition) is 1. The smallest absolute Gasteiger partial charge is 0.445 e. The van der Waals surface area contributed by atoms with E-state index < -0.39 is 12.4 Å². The quantitative estimate of drug-likeness (QED) is 0.638. The fourth-order valence-corrected chi connectivity index (χ4v) is 1.51. The van der Waals surface area contributed by atoms with Crippen LogP contribution in [0.3, 0.4) is 0 Å². The van der Waals surface area contributed by atoms with Crippen molar-refractivity contribution in [2.24, 2.45) is 7.05 Å². The molecule has 14 heavy (non-hydrogen) atoms. The average Bonchev–Trinajstić information content (AvgIpc) is 2.46. The van der Waals surface area contributed by atoms with Crippen molar-refractivity contribution in [1.82, 2.24) is 9.55 Å². The van der Waals surface area contributed by atoms with Gasteiger partial charge in [0, 0.05) is 12.6 Å². The number of imidazole rings is 1. The molecule has 2 nitrogen and oxygen atoms in total. The second kappa shape index (κ2) is 2.77. The minimum atomic E-state index is -4.97. The van der Waals surface area contributed by atoms with E-state index in [-0.39, 0.29) is 5.52 Å². The highest BCUT2D eigenvalue weighted by Gasteiger charge is 2.28. The van der Waals surface area contributed by atoms with Crippen molar-refractivity contribution in [2.75, 3.05) is 0 Å². The topological polar surface area (TPSA) is 17.8 Å². The normalized spacial score (nSPS) is 12.3. The molecule has 1 aromatic heterocycles. The molecule has 1 heterocycles. The third-order valence-electron chi connectivity index (χ3n) is 2.12. The van der Waals surface area contributed by atoms with Gasteiger partial charge in [0.2, 0.25) is 0 Å². The first kappa shape index (κ1) is 9.11. The van der Waals surface area contributed by atoms with E-state index in [1.165, 1.54) is 17.0 Å². The zero-order chi connectivity index (χ0) is 10.3. The Hall–Kier alpha value is -1.46. The minimum Gasteiger partial charge on any atom is -0.445 e. The predicted molar refractivity (Wildman–Crippen MR) is 49.4 cm³/mol. The van der Waals surface area contributed by atoms with Gasteiger partial charge in [0.15, 0.2) is 0 Å². The third-order valence-corrected chi connectivity index (χ3v) is 2.12. The summed E-state index contributed by atoms with van der Waals surface area (Å²) in [7, 11) is 1.56. The lowest BCUT2D eigenvalue weighted by atomic mass is 9.79. The number of halogens is 3. The van der Waals surface area contributed by atoms with E-state index in [0.717, 1.165) is 6.07 Å². The maximum atomic E-state index is 12.6. The summed E-state index contributed by atoms with van der Waals surface area (Å²) in [6.07, 6.45) is 1.38. The number of hydrogen-bond donors (Lipinski definition) is 0. The molecule has 0 aliphatic heterocycles. The summed E-state index contributed by atoms with van der Waals surface area (Å²) < 4.78 is 39.2. The Morgan fingerprint density at radius 2 is 2.00 bits per heavy atom. The number of nitrogens with zero attached hydrogens (tertiary/aromatic N) is 2. The van der Waals surface area contributed by atoms with Crippen LogP contribution in [0.25, 0.3) is 11.0 Å². The molecule has 0 N–H and O–H groups in total.